The molecule has 0 saturated carbocycles. The van der Waals surface area contributed by atoms with Crippen LogP contribution in [-0.2, 0) is 4.79 Å². The maximum absolute atomic E-state index is 12.4. The molecule has 1 fully saturated rings. The summed E-state index contributed by atoms with van der Waals surface area (Å²) >= 11 is 5.89. The maximum Gasteiger partial charge on any atom is 0.329 e. The SMILES string of the molecule is CCCC1(C(=O)O)CCCN1C(=O)Nc1cccc(Cl)c1. The number of rotatable bonds is 4. The number of hydrogen-bond acceptors (Lipinski definition) is 2. The van der Waals surface area contributed by atoms with Crippen LogP contribution in [0.4, 0.5) is 10.5 Å². The number of halogens is 1. The fraction of sp³-hybridized carbons (Fsp3) is 0.467. The highest BCUT2D eigenvalue weighted by Gasteiger charge is 2.49. The van der Waals surface area contributed by atoms with Crippen molar-refractivity contribution in [1.29, 1.82) is 0 Å². The lowest BCUT2D eigenvalue weighted by Gasteiger charge is -2.34. The van der Waals surface area contributed by atoms with E-state index >= 15 is 0 Å². The lowest BCUT2D eigenvalue weighted by Crippen LogP contribution is -2.54. The molecule has 6 heteroatoms. The number of carboxylic acids is 1. The van der Waals surface area contributed by atoms with Gasteiger partial charge in [0.1, 0.15) is 5.54 Å². The van der Waals surface area contributed by atoms with E-state index < -0.39 is 11.5 Å². The molecule has 1 saturated heterocycles. The summed E-state index contributed by atoms with van der Waals surface area (Å²) in [7, 11) is 0. The predicted molar refractivity (Wildman–Crippen MR) is 81.7 cm³/mol. The highest BCUT2D eigenvalue weighted by atomic mass is 35.5. The molecule has 1 atom stereocenters. The summed E-state index contributed by atoms with van der Waals surface area (Å²) in [4.78, 5) is 25.6. The molecule has 1 heterocycles. The number of likely N-dealkylation sites (tertiary alicyclic amines) is 1. The first-order valence-electron chi connectivity index (χ1n) is 7.07. The Labute approximate surface area is 128 Å². The topological polar surface area (TPSA) is 69.6 Å². The minimum atomic E-state index is -1.09. The normalized spacial score (nSPS) is 21.3. The molecule has 0 aliphatic carbocycles. The summed E-state index contributed by atoms with van der Waals surface area (Å²) in [5.74, 6) is -0.928. The standard InChI is InChI=1S/C15H19ClN2O3/c1-2-7-15(13(19)20)8-4-9-18(15)14(21)17-12-6-3-5-11(16)10-12/h3,5-6,10H,2,4,7-9H2,1H3,(H,17,21)(H,19,20). The molecule has 1 aliphatic rings. The van der Waals surface area contributed by atoms with Crippen molar-refractivity contribution in [3.8, 4) is 0 Å². The summed E-state index contributed by atoms with van der Waals surface area (Å²) in [6, 6.07) is 6.43. The van der Waals surface area contributed by atoms with E-state index in [1.807, 2.05) is 6.92 Å². The number of amides is 2. The zero-order valence-electron chi connectivity index (χ0n) is 11.9. The van der Waals surface area contributed by atoms with E-state index in [2.05, 4.69) is 5.32 Å². The summed E-state index contributed by atoms with van der Waals surface area (Å²) < 4.78 is 0. The van der Waals surface area contributed by atoms with Crippen molar-refractivity contribution in [2.75, 3.05) is 11.9 Å². The third kappa shape index (κ3) is 3.13. The first kappa shape index (κ1) is 15.6. The third-order valence-corrected chi connectivity index (χ3v) is 4.11. The van der Waals surface area contributed by atoms with Gasteiger partial charge in [0.15, 0.2) is 0 Å². The molecule has 2 amide bonds. The van der Waals surface area contributed by atoms with Crippen LogP contribution >= 0.6 is 11.6 Å². The fourth-order valence-corrected chi connectivity index (χ4v) is 3.12. The van der Waals surface area contributed by atoms with E-state index in [1.165, 1.54) is 4.90 Å². The molecular formula is C15H19ClN2O3. The molecule has 21 heavy (non-hydrogen) atoms. The highest BCUT2D eigenvalue weighted by molar-refractivity contribution is 6.30. The molecule has 0 radical (unpaired) electrons. The summed E-state index contributed by atoms with van der Waals surface area (Å²) in [6.07, 6.45) is 2.38. The van der Waals surface area contributed by atoms with Gasteiger partial charge in [-0.05, 0) is 37.5 Å². The molecule has 114 valence electrons. The van der Waals surface area contributed by atoms with Crippen molar-refractivity contribution >= 4 is 29.3 Å². The molecule has 1 aliphatic heterocycles. The number of hydrogen-bond donors (Lipinski definition) is 2. The average Bonchev–Trinajstić information content (AvgIpc) is 2.84. The van der Waals surface area contributed by atoms with Crippen molar-refractivity contribution in [2.24, 2.45) is 0 Å². The Kier molecular flexibility index (Phi) is 4.73. The molecule has 1 aromatic carbocycles. The smallest absolute Gasteiger partial charge is 0.329 e. The van der Waals surface area contributed by atoms with Crippen molar-refractivity contribution < 1.29 is 14.7 Å². The van der Waals surface area contributed by atoms with Gasteiger partial charge in [-0.3, -0.25) is 0 Å². The molecule has 0 aromatic heterocycles. The first-order valence-corrected chi connectivity index (χ1v) is 7.45. The van der Waals surface area contributed by atoms with Gasteiger partial charge in [0, 0.05) is 17.3 Å². The van der Waals surface area contributed by atoms with E-state index in [1.54, 1.807) is 24.3 Å². The molecule has 0 bridgehead atoms. The third-order valence-electron chi connectivity index (χ3n) is 3.87. The Bertz CT molecular complexity index is 549. The second kappa shape index (κ2) is 6.35. The molecular weight excluding hydrogens is 292 g/mol. The second-order valence-electron chi connectivity index (χ2n) is 5.28. The quantitative estimate of drug-likeness (QED) is 0.893. The molecule has 2 rings (SSSR count). The van der Waals surface area contributed by atoms with Crippen LogP contribution < -0.4 is 5.32 Å². The highest BCUT2D eigenvalue weighted by Crippen LogP contribution is 2.34. The minimum absolute atomic E-state index is 0.384. The van der Waals surface area contributed by atoms with Crippen molar-refractivity contribution in [3.63, 3.8) is 0 Å². The van der Waals surface area contributed by atoms with Gasteiger partial charge in [0.05, 0.1) is 0 Å². The van der Waals surface area contributed by atoms with Crippen LogP contribution in [0.5, 0.6) is 0 Å². The zero-order valence-corrected chi connectivity index (χ0v) is 12.7. The van der Waals surface area contributed by atoms with Gasteiger partial charge in [-0.25, -0.2) is 9.59 Å². The van der Waals surface area contributed by atoms with Crippen LogP contribution in [0.2, 0.25) is 5.02 Å². The zero-order chi connectivity index (χ0) is 15.5. The summed E-state index contributed by atoms with van der Waals surface area (Å²) in [5, 5.41) is 12.8. The van der Waals surface area contributed by atoms with Gasteiger partial charge in [-0.15, -0.1) is 0 Å². The Balaban J connectivity index is 2.19. The van der Waals surface area contributed by atoms with Crippen LogP contribution in [0.1, 0.15) is 32.6 Å². The van der Waals surface area contributed by atoms with E-state index in [0.29, 0.717) is 42.9 Å². The van der Waals surface area contributed by atoms with Gasteiger partial charge in [-0.2, -0.15) is 0 Å². The van der Waals surface area contributed by atoms with E-state index in [9.17, 15) is 14.7 Å². The largest absolute Gasteiger partial charge is 0.479 e. The average molecular weight is 311 g/mol. The van der Waals surface area contributed by atoms with E-state index in [4.69, 9.17) is 11.6 Å². The Hall–Kier alpha value is -1.75. The van der Waals surface area contributed by atoms with Gasteiger partial charge in [0.2, 0.25) is 0 Å². The summed E-state index contributed by atoms with van der Waals surface area (Å²) in [5.41, 5.74) is -0.521. The number of benzene rings is 1. The second-order valence-corrected chi connectivity index (χ2v) is 5.72. The first-order chi connectivity index (χ1) is 9.99. The number of carboxylic acid groups (broad SMARTS) is 1. The van der Waals surface area contributed by atoms with Crippen molar-refractivity contribution in [1.82, 2.24) is 4.90 Å². The lowest BCUT2D eigenvalue weighted by molar-refractivity contribution is -0.148. The molecule has 2 N–H and O–H groups in total. The number of nitrogens with one attached hydrogen (secondary N) is 1. The summed E-state index contributed by atoms with van der Waals surface area (Å²) in [6.45, 7) is 2.38. The van der Waals surface area contributed by atoms with E-state index in [-0.39, 0.29) is 6.03 Å². The molecule has 1 unspecified atom stereocenters. The molecule has 0 spiro atoms. The minimum Gasteiger partial charge on any atom is -0.479 e. The van der Waals surface area contributed by atoms with Crippen LogP contribution in [0.25, 0.3) is 0 Å². The number of urea groups is 1. The van der Waals surface area contributed by atoms with E-state index in [0.717, 1.165) is 0 Å². The monoisotopic (exact) mass is 310 g/mol. The lowest BCUT2D eigenvalue weighted by atomic mass is 9.91. The van der Waals surface area contributed by atoms with Crippen LogP contribution in [0, 0.1) is 0 Å². The van der Waals surface area contributed by atoms with Gasteiger partial charge in [-0.1, -0.05) is 31.0 Å². The van der Waals surface area contributed by atoms with Gasteiger partial charge < -0.3 is 15.3 Å². The number of carbonyl (C=O) groups excluding carboxylic acids is 1. The Morgan fingerprint density at radius 1 is 1.48 bits per heavy atom. The van der Waals surface area contributed by atoms with Crippen molar-refractivity contribution in [3.05, 3.63) is 29.3 Å². The number of nitrogens with zero attached hydrogens (tertiary/aromatic N) is 1. The van der Waals surface area contributed by atoms with Crippen molar-refractivity contribution in [2.45, 2.75) is 38.1 Å². The van der Waals surface area contributed by atoms with Crippen LogP contribution in [-0.4, -0.2) is 34.1 Å². The molecule has 1 aromatic rings. The maximum atomic E-state index is 12.4. The fourth-order valence-electron chi connectivity index (χ4n) is 2.93. The number of anilines is 1. The predicted octanol–water partition coefficient (Wildman–Crippen LogP) is 3.59. The molecule has 5 nitrogen and oxygen atoms in total. The Morgan fingerprint density at radius 3 is 2.86 bits per heavy atom. The van der Waals surface area contributed by atoms with Crippen LogP contribution in [0.3, 0.4) is 0 Å². The van der Waals surface area contributed by atoms with Gasteiger partial charge in [0.25, 0.3) is 0 Å². The van der Waals surface area contributed by atoms with Crippen LogP contribution in [0.15, 0.2) is 24.3 Å². The number of aliphatic carboxylic acids is 1. The van der Waals surface area contributed by atoms with Gasteiger partial charge >= 0.3 is 12.0 Å². The number of carbonyl (C=O) groups is 2. The Morgan fingerprint density at radius 2 is 2.24 bits per heavy atom.